The van der Waals surface area contributed by atoms with Gasteiger partial charge < -0.3 is 16.0 Å². The third kappa shape index (κ3) is 5.54. The van der Waals surface area contributed by atoms with E-state index in [2.05, 4.69) is 22.3 Å². The molecule has 3 N–H and O–H groups in total. The lowest BCUT2D eigenvalue weighted by atomic mass is 9.89. The van der Waals surface area contributed by atoms with Gasteiger partial charge >= 0.3 is 0 Å². The summed E-state index contributed by atoms with van der Waals surface area (Å²) in [7, 11) is 1.68. The van der Waals surface area contributed by atoms with Gasteiger partial charge in [0.05, 0.1) is 13.1 Å². The Hall–Kier alpha value is -1.92. The molecule has 6 nitrogen and oxygen atoms in total. The molecule has 0 aromatic heterocycles. The molecule has 0 aliphatic carbocycles. The Bertz CT molecular complexity index is 564. The van der Waals surface area contributed by atoms with Gasteiger partial charge in [-0.05, 0) is 24.4 Å². The lowest BCUT2D eigenvalue weighted by molar-refractivity contribution is -0.135. The Balaban J connectivity index is 1.88. The average molecular weight is 346 g/mol. The van der Waals surface area contributed by atoms with Gasteiger partial charge in [0.25, 0.3) is 0 Å². The van der Waals surface area contributed by atoms with Crippen LogP contribution >= 0.6 is 0 Å². The van der Waals surface area contributed by atoms with Crippen molar-refractivity contribution in [2.75, 3.05) is 46.3 Å². The van der Waals surface area contributed by atoms with Crippen LogP contribution in [0, 0.1) is 5.92 Å². The number of nitrogens with one attached hydrogen (secondary N) is 1. The molecule has 1 aliphatic heterocycles. The second kappa shape index (κ2) is 9.53. The second-order valence-corrected chi connectivity index (χ2v) is 6.81. The highest BCUT2D eigenvalue weighted by atomic mass is 16.2. The number of benzene rings is 1. The van der Waals surface area contributed by atoms with E-state index < -0.39 is 0 Å². The molecule has 0 saturated carbocycles. The van der Waals surface area contributed by atoms with Crippen LogP contribution < -0.4 is 11.1 Å². The topological polar surface area (TPSA) is 78.7 Å². The fourth-order valence-corrected chi connectivity index (χ4v) is 3.34. The van der Waals surface area contributed by atoms with Gasteiger partial charge in [-0.15, -0.1) is 0 Å². The van der Waals surface area contributed by atoms with Crippen molar-refractivity contribution in [2.24, 2.45) is 11.7 Å². The molecule has 0 spiro atoms. The summed E-state index contributed by atoms with van der Waals surface area (Å²) in [5, 5.41) is 2.79. The molecule has 1 aromatic carbocycles. The van der Waals surface area contributed by atoms with Crippen LogP contribution in [0.5, 0.6) is 0 Å². The highest BCUT2D eigenvalue weighted by Gasteiger charge is 2.34. The first-order chi connectivity index (χ1) is 12.0. The first kappa shape index (κ1) is 19.4. The molecule has 2 atom stereocenters. The second-order valence-electron chi connectivity index (χ2n) is 6.81. The van der Waals surface area contributed by atoms with E-state index in [0.717, 1.165) is 19.5 Å². The molecule has 2 amide bonds. The summed E-state index contributed by atoms with van der Waals surface area (Å²) in [6, 6.07) is 10.3. The first-order valence-electron chi connectivity index (χ1n) is 9.03. The van der Waals surface area contributed by atoms with Gasteiger partial charge in [0.2, 0.25) is 11.8 Å². The molecule has 0 unspecified atom stereocenters. The highest BCUT2D eigenvalue weighted by Crippen LogP contribution is 2.31. The number of hydrogen-bond donors (Lipinski definition) is 2. The van der Waals surface area contributed by atoms with E-state index in [-0.39, 0.29) is 18.4 Å². The van der Waals surface area contributed by atoms with Crippen LogP contribution in [0.4, 0.5) is 0 Å². The van der Waals surface area contributed by atoms with E-state index in [9.17, 15) is 9.59 Å². The third-order valence-electron chi connectivity index (χ3n) is 4.78. The molecule has 0 radical (unpaired) electrons. The number of nitrogens with two attached hydrogens (primary N) is 1. The zero-order valence-electron chi connectivity index (χ0n) is 15.3. The summed E-state index contributed by atoms with van der Waals surface area (Å²) < 4.78 is 0. The van der Waals surface area contributed by atoms with Crippen molar-refractivity contribution < 1.29 is 9.59 Å². The van der Waals surface area contributed by atoms with Gasteiger partial charge in [-0.1, -0.05) is 37.3 Å². The number of likely N-dealkylation sites (tertiary alicyclic amines) is 1. The molecule has 1 heterocycles. The number of likely N-dealkylation sites (N-methyl/N-ethyl adjacent to an activating group) is 1. The summed E-state index contributed by atoms with van der Waals surface area (Å²) in [6.07, 6.45) is 0.887. The fraction of sp³-hybridized carbons (Fsp3) is 0.579. The Labute approximate surface area is 150 Å². The molecular formula is C19H30N4O2. The summed E-state index contributed by atoms with van der Waals surface area (Å²) in [4.78, 5) is 27.8. The van der Waals surface area contributed by atoms with Crippen LogP contribution in [0.3, 0.4) is 0 Å². The third-order valence-corrected chi connectivity index (χ3v) is 4.78. The predicted molar refractivity (Wildman–Crippen MR) is 99.1 cm³/mol. The van der Waals surface area contributed by atoms with E-state index in [0.29, 0.717) is 31.5 Å². The normalized spacial score (nSPS) is 20.4. The minimum atomic E-state index is -0.110. The van der Waals surface area contributed by atoms with Crippen molar-refractivity contribution in [1.29, 1.82) is 0 Å². The number of amides is 2. The van der Waals surface area contributed by atoms with Crippen molar-refractivity contribution in [3.8, 4) is 0 Å². The molecule has 1 aliphatic rings. The van der Waals surface area contributed by atoms with Crippen molar-refractivity contribution in [1.82, 2.24) is 15.1 Å². The molecule has 0 bridgehead atoms. The maximum Gasteiger partial charge on any atom is 0.239 e. The van der Waals surface area contributed by atoms with E-state index >= 15 is 0 Å². The zero-order chi connectivity index (χ0) is 18.2. The minimum absolute atomic E-state index is 0.0314. The maximum atomic E-state index is 12.4. The van der Waals surface area contributed by atoms with Crippen molar-refractivity contribution in [3.63, 3.8) is 0 Å². The molecule has 2 rings (SSSR count). The predicted octanol–water partition coefficient (Wildman–Crippen LogP) is 0.645. The minimum Gasteiger partial charge on any atom is -0.355 e. The van der Waals surface area contributed by atoms with Crippen LogP contribution in [0.1, 0.15) is 24.8 Å². The monoisotopic (exact) mass is 346 g/mol. The summed E-state index contributed by atoms with van der Waals surface area (Å²) >= 11 is 0. The first-order valence-corrected chi connectivity index (χ1v) is 9.03. The highest BCUT2D eigenvalue weighted by molar-refractivity contribution is 5.85. The van der Waals surface area contributed by atoms with Crippen molar-refractivity contribution in [2.45, 2.75) is 19.3 Å². The van der Waals surface area contributed by atoms with Gasteiger partial charge in [-0.3, -0.25) is 14.5 Å². The largest absolute Gasteiger partial charge is 0.355 e. The Morgan fingerprint density at radius 2 is 2.00 bits per heavy atom. The number of nitrogens with zero attached hydrogens (tertiary/aromatic N) is 2. The van der Waals surface area contributed by atoms with Gasteiger partial charge in [0.15, 0.2) is 0 Å². The van der Waals surface area contributed by atoms with Gasteiger partial charge in [-0.25, -0.2) is 0 Å². The SMILES string of the molecule is CCCNC(=O)CN(C)C(=O)CN1C[C@@H](CN)[C@H](c2ccccc2)C1. The van der Waals surface area contributed by atoms with E-state index in [1.807, 2.05) is 25.1 Å². The lowest BCUT2D eigenvalue weighted by Gasteiger charge is -2.21. The van der Waals surface area contributed by atoms with Crippen LogP contribution in [0.15, 0.2) is 30.3 Å². The van der Waals surface area contributed by atoms with Crippen molar-refractivity contribution in [3.05, 3.63) is 35.9 Å². The van der Waals surface area contributed by atoms with Crippen LogP contribution in [0.2, 0.25) is 0 Å². The Kier molecular flexibility index (Phi) is 7.40. The summed E-state index contributed by atoms with van der Waals surface area (Å²) in [5.74, 6) is 0.572. The zero-order valence-corrected chi connectivity index (χ0v) is 15.3. The van der Waals surface area contributed by atoms with E-state index in [4.69, 9.17) is 5.73 Å². The molecular weight excluding hydrogens is 316 g/mol. The smallest absolute Gasteiger partial charge is 0.239 e. The number of carbonyl (C=O) groups excluding carboxylic acids is 2. The standard InChI is InChI=1S/C19H30N4O2/c1-3-9-21-18(24)13-22(2)19(25)14-23-11-16(10-20)17(12-23)15-7-5-4-6-8-15/h4-8,16-17H,3,9-14,20H2,1-2H3,(H,21,24)/t16-,17+/m1/s1. The molecule has 1 saturated heterocycles. The number of carbonyl (C=O) groups is 2. The molecule has 138 valence electrons. The van der Waals surface area contributed by atoms with Crippen LogP contribution in [-0.2, 0) is 9.59 Å². The van der Waals surface area contributed by atoms with E-state index in [1.165, 1.54) is 10.5 Å². The number of hydrogen-bond acceptors (Lipinski definition) is 4. The quantitative estimate of drug-likeness (QED) is 0.724. The lowest BCUT2D eigenvalue weighted by Crippen LogP contribution is -2.43. The fourth-order valence-electron chi connectivity index (χ4n) is 3.34. The number of rotatable bonds is 8. The average Bonchev–Trinajstić information content (AvgIpc) is 3.03. The molecule has 1 fully saturated rings. The maximum absolute atomic E-state index is 12.4. The molecule has 25 heavy (non-hydrogen) atoms. The van der Waals surface area contributed by atoms with Crippen LogP contribution in [0.25, 0.3) is 0 Å². The van der Waals surface area contributed by atoms with Gasteiger partial charge in [-0.2, -0.15) is 0 Å². The molecule has 6 heteroatoms. The van der Waals surface area contributed by atoms with Gasteiger partial charge in [0, 0.05) is 32.6 Å². The van der Waals surface area contributed by atoms with Gasteiger partial charge in [0.1, 0.15) is 0 Å². The summed E-state index contributed by atoms with van der Waals surface area (Å²) in [5.41, 5.74) is 7.23. The van der Waals surface area contributed by atoms with Crippen LogP contribution in [-0.4, -0.2) is 67.9 Å². The van der Waals surface area contributed by atoms with Crippen molar-refractivity contribution >= 4 is 11.8 Å². The molecule has 1 aromatic rings. The summed E-state index contributed by atoms with van der Waals surface area (Å²) in [6.45, 7) is 5.33. The van der Waals surface area contributed by atoms with E-state index in [1.54, 1.807) is 7.05 Å². The Morgan fingerprint density at radius 1 is 1.28 bits per heavy atom. The Morgan fingerprint density at radius 3 is 2.64 bits per heavy atom.